The Morgan fingerprint density at radius 2 is 1.68 bits per heavy atom. The van der Waals surface area contributed by atoms with Crippen molar-refractivity contribution >= 4 is 6.09 Å². The largest absolute Gasteiger partial charge is 0.445 e. The monoisotopic (exact) mass is 544 g/mol. The number of carbonyl (C=O) groups is 1. The highest BCUT2D eigenvalue weighted by molar-refractivity contribution is 5.67. The number of rotatable bonds is 11. The molecule has 0 aromatic heterocycles. The lowest BCUT2D eigenvalue weighted by Crippen LogP contribution is -2.44. The molecular weight excluding hydrogens is 504 g/mol. The average molecular weight is 545 g/mol. The summed E-state index contributed by atoms with van der Waals surface area (Å²) in [6.07, 6.45) is 0.227. The molecule has 5 atom stereocenters. The normalized spacial score (nSPS) is 21.5. The molecule has 2 N–H and O–H groups in total. The van der Waals surface area contributed by atoms with E-state index in [-0.39, 0.29) is 37.4 Å². The molecule has 0 aliphatic carbocycles. The van der Waals surface area contributed by atoms with Crippen molar-refractivity contribution in [2.75, 3.05) is 20.2 Å². The van der Waals surface area contributed by atoms with E-state index >= 15 is 0 Å². The molecule has 1 amide bonds. The Morgan fingerprint density at radius 3 is 2.33 bits per heavy atom. The van der Waals surface area contributed by atoms with Crippen LogP contribution in [0.1, 0.15) is 60.1 Å². The summed E-state index contributed by atoms with van der Waals surface area (Å²) in [4.78, 5) is 14.1. The Bertz CT molecular complexity index is 1220. The zero-order valence-corrected chi connectivity index (χ0v) is 23.5. The van der Waals surface area contributed by atoms with Crippen LogP contribution in [0.4, 0.5) is 4.79 Å². The van der Waals surface area contributed by atoms with Crippen LogP contribution in [0.15, 0.2) is 91.5 Å². The van der Waals surface area contributed by atoms with Crippen LogP contribution in [-0.2, 0) is 27.4 Å². The molecule has 1 saturated heterocycles. The van der Waals surface area contributed by atoms with E-state index < -0.39 is 12.4 Å². The van der Waals surface area contributed by atoms with Crippen molar-refractivity contribution in [3.8, 4) is 0 Å². The van der Waals surface area contributed by atoms with E-state index in [4.69, 9.17) is 14.2 Å². The van der Waals surface area contributed by atoms with Crippen molar-refractivity contribution in [1.82, 2.24) is 10.2 Å². The minimum Gasteiger partial charge on any atom is -0.445 e. The van der Waals surface area contributed by atoms with Crippen LogP contribution in [0.5, 0.6) is 0 Å². The second kappa shape index (κ2) is 14.2. The van der Waals surface area contributed by atoms with Crippen LogP contribution in [0.2, 0.25) is 0 Å². The molecule has 7 nitrogen and oxygen atoms in total. The van der Waals surface area contributed by atoms with Gasteiger partial charge in [0.1, 0.15) is 6.61 Å². The summed E-state index contributed by atoms with van der Waals surface area (Å²) in [5.74, 6) is 0.0895. The van der Waals surface area contributed by atoms with Crippen LogP contribution < -0.4 is 5.32 Å². The number of ether oxygens (including phenoxy) is 3. The number of aliphatic hydroxyl groups excluding tert-OH is 1. The fraction of sp³-hybridized carbons (Fsp3) is 0.364. The smallest absolute Gasteiger partial charge is 0.407 e. The Hall–Kier alpha value is -3.49. The molecule has 212 valence electrons. The van der Waals surface area contributed by atoms with Gasteiger partial charge in [-0.05, 0) is 36.2 Å². The summed E-state index contributed by atoms with van der Waals surface area (Å²) in [5, 5.41) is 12.2. The number of carbonyl (C=O) groups excluding carboxylic acids is 1. The number of aliphatic hydroxyl groups is 1. The first kappa shape index (κ1) is 29.5. The lowest BCUT2D eigenvalue weighted by molar-refractivity contribution is -0.276. The first-order valence-electron chi connectivity index (χ1n) is 13.8. The molecule has 1 fully saturated rings. The maximum Gasteiger partial charge on any atom is 0.407 e. The summed E-state index contributed by atoms with van der Waals surface area (Å²) in [6, 6.07) is 26.5. The number of benzene rings is 3. The van der Waals surface area contributed by atoms with E-state index in [0.29, 0.717) is 6.54 Å². The minimum atomic E-state index is -0.552. The summed E-state index contributed by atoms with van der Waals surface area (Å²) >= 11 is 0. The van der Waals surface area contributed by atoms with Crippen molar-refractivity contribution in [3.05, 3.63) is 119 Å². The third-order valence-electron chi connectivity index (χ3n) is 7.56. The van der Waals surface area contributed by atoms with Gasteiger partial charge in [0.05, 0.1) is 18.8 Å². The Kier molecular flexibility index (Phi) is 10.5. The third kappa shape index (κ3) is 7.58. The van der Waals surface area contributed by atoms with Crippen LogP contribution >= 0.6 is 0 Å². The molecule has 40 heavy (non-hydrogen) atoms. The summed E-state index contributed by atoms with van der Waals surface area (Å²) in [6.45, 7) is 9.19. The fourth-order valence-electron chi connectivity index (χ4n) is 4.91. The Labute approximate surface area is 237 Å². The van der Waals surface area contributed by atoms with E-state index in [1.54, 1.807) is 0 Å². The minimum absolute atomic E-state index is 0.00503. The molecular formula is C33H40N2O5. The van der Waals surface area contributed by atoms with Crippen LogP contribution in [0, 0.1) is 5.92 Å². The summed E-state index contributed by atoms with van der Waals surface area (Å²) in [5.41, 5.74) is 5.03. The average Bonchev–Trinajstić information content (AvgIpc) is 3.00. The van der Waals surface area contributed by atoms with Gasteiger partial charge in [-0.2, -0.15) is 0 Å². The van der Waals surface area contributed by atoms with Gasteiger partial charge >= 0.3 is 6.09 Å². The SMILES string of the molecule is C=CCOC(=O)NCc1ccc([C@H]2O[C@@H](CN(C)[C@@H](C)c3ccccc3)[C@@H](C)[C@@H](c3ccc(CO)cc3)O2)cc1. The standard InChI is InChI=1S/C33H40N2O5/c1-5-19-38-33(37)34-20-25-11-17-29(18-12-25)32-39-30(21-35(4)24(3)27-9-7-6-8-10-27)23(2)31(40-32)28-15-13-26(22-36)14-16-28/h5-18,23-24,30-32,36H,1,19-22H2,2-4H3,(H,34,37)/t23-,24+,30+,31+,32+/m1/s1. The fourth-order valence-corrected chi connectivity index (χ4v) is 4.91. The Morgan fingerprint density at radius 1 is 1.02 bits per heavy atom. The molecule has 1 heterocycles. The molecule has 0 unspecified atom stereocenters. The third-order valence-corrected chi connectivity index (χ3v) is 7.56. The second-order valence-corrected chi connectivity index (χ2v) is 10.3. The second-order valence-electron chi connectivity index (χ2n) is 10.3. The van der Waals surface area contributed by atoms with E-state index in [0.717, 1.165) is 28.8 Å². The highest BCUT2D eigenvalue weighted by Crippen LogP contribution is 2.42. The van der Waals surface area contributed by atoms with Gasteiger partial charge in [0, 0.05) is 30.6 Å². The van der Waals surface area contributed by atoms with E-state index in [9.17, 15) is 9.90 Å². The zero-order valence-electron chi connectivity index (χ0n) is 23.5. The predicted molar refractivity (Wildman–Crippen MR) is 155 cm³/mol. The van der Waals surface area contributed by atoms with Gasteiger partial charge in [0.2, 0.25) is 0 Å². The van der Waals surface area contributed by atoms with E-state index in [1.807, 2.05) is 54.6 Å². The van der Waals surface area contributed by atoms with Gasteiger partial charge in [0.25, 0.3) is 0 Å². The Balaban J connectivity index is 1.51. The van der Waals surface area contributed by atoms with Crippen LogP contribution in [-0.4, -0.2) is 42.4 Å². The van der Waals surface area contributed by atoms with Gasteiger partial charge in [-0.25, -0.2) is 4.79 Å². The topological polar surface area (TPSA) is 80.3 Å². The maximum absolute atomic E-state index is 11.8. The molecule has 0 radical (unpaired) electrons. The zero-order chi connectivity index (χ0) is 28.5. The van der Waals surface area contributed by atoms with Gasteiger partial charge in [-0.1, -0.05) is 98.4 Å². The molecule has 3 aromatic carbocycles. The predicted octanol–water partition coefficient (Wildman–Crippen LogP) is 6.08. The molecule has 7 heteroatoms. The first-order chi connectivity index (χ1) is 19.4. The van der Waals surface area contributed by atoms with Gasteiger partial charge in [-0.3, -0.25) is 4.90 Å². The number of amides is 1. The van der Waals surface area contributed by atoms with E-state index in [2.05, 4.69) is 62.0 Å². The van der Waals surface area contributed by atoms with Crippen LogP contribution in [0.25, 0.3) is 0 Å². The number of likely N-dealkylation sites (N-methyl/N-ethyl adjacent to an activating group) is 1. The van der Waals surface area contributed by atoms with Crippen molar-refractivity contribution < 1.29 is 24.1 Å². The summed E-state index contributed by atoms with van der Waals surface area (Å²) < 4.78 is 18.2. The number of nitrogens with one attached hydrogen (secondary N) is 1. The maximum atomic E-state index is 11.8. The molecule has 1 aliphatic rings. The number of hydrogen-bond acceptors (Lipinski definition) is 6. The van der Waals surface area contributed by atoms with Crippen molar-refractivity contribution in [3.63, 3.8) is 0 Å². The van der Waals surface area contributed by atoms with Crippen molar-refractivity contribution in [2.24, 2.45) is 5.92 Å². The molecule has 4 rings (SSSR count). The van der Waals surface area contributed by atoms with Gasteiger partial charge in [0.15, 0.2) is 6.29 Å². The molecule has 0 bridgehead atoms. The quantitative estimate of drug-likeness (QED) is 0.285. The highest BCUT2D eigenvalue weighted by atomic mass is 16.7. The lowest BCUT2D eigenvalue weighted by atomic mass is 9.89. The molecule has 0 spiro atoms. The molecule has 0 saturated carbocycles. The molecule has 1 aliphatic heterocycles. The van der Waals surface area contributed by atoms with Gasteiger partial charge in [-0.15, -0.1) is 0 Å². The van der Waals surface area contributed by atoms with E-state index in [1.165, 1.54) is 11.6 Å². The van der Waals surface area contributed by atoms with Gasteiger partial charge < -0.3 is 24.6 Å². The van der Waals surface area contributed by atoms with Crippen LogP contribution in [0.3, 0.4) is 0 Å². The highest BCUT2D eigenvalue weighted by Gasteiger charge is 2.39. The van der Waals surface area contributed by atoms with Crippen molar-refractivity contribution in [1.29, 1.82) is 0 Å². The first-order valence-corrected chi connectivity index (χ1v) is 13.8. The van der Waals surface area contributed by atoms with Crippen molar-refractivity contribution in [2.45, 2.75) is 51.5 Å². The number of alkyl carbamates (subject to hydrolysis) is 1. The summed E-state index contributed by atoms with van der Waals surface area (Å²) in [7, 11) is 2.13. The lowest BCUT2D eigenvalue weighted by Gasteiger charge is -2.43. The number of hydrogen-bond donors (Lipinski definition) is 2. The number of nitrogens with zero attached hydrogens (tertiary/aromatic N) is 1. The molecule has 3 aromatic rings.